The number of hydrogen-bond donors (Lipinski definition) is 0. The van der Waals surface area contributed by atoms with Crippen molar-refractivity contribution in [3.8, 4) is 0 Å². The molecular formula is C20H18N2. The van der Waals surface area contributed by atoms with Gasteiger partial charge in [0, 0.05) is 35.0 Å². The van der Waals surface area contributed by atoms with E-state index in [1.165, 1.54) is 11.1 Å². The van der Waals surface area contributed by atoms with E-state index in [4.69, 9.17) is 4.99 Å². The third-order valence-electron chi connectivity index (χ3n) is 4.55. The molecule has 2 aliphatic rings. The van der Waals surface area contributed by atoms with Crippen molar-refractivity contribution in [3.05, 3.63) is 82.8 Å². The molecule has 0 radical (unpaired) electrons. The quantitative estimate of drug-likeness (QED) is 0.760. The number of fused-ring (bicyclic) bond motifs is 3. The van der Waals surface area contributed by atoms with E-state index in [-0.39, 0.29) is 0 Å². The van der Waals surface area contributed by atoms with Crippen LogP contribution < -0.4 is 0 Å². The smallest absolute Gasteiger partial charge is 0.0571 e. The van der Waals surface area contributed by atoms with Crippen LogP contribution in [0.1, 0.15) is 34.0 Å². The van der Waals surface area contributed by atoms with E-state index in [1.807, 2.05) is 13.1 Å². The van der Waals surface area contributed by atoms with Crippen LogP contribution >= 0.6 is 0 Å². The zero-order valence-electron chi connectivity index (χ0n) is 12.8. The average molecular weight is 286 g/mol. The number of aromatic nitrogens is 1. The van der Waals surface area contributed by atoms with Crippen molar-refractivity contribution in [3.63, 3.8) is 0 Å². The number of aliphatic imine (C=N–C) groups is 1. The van der Waals surface area contributed by atoms with E-state index in [9.17, 15) is 0 Å². The van der Waals surface area contributed by atoms with Gasteiger partial charge in [-0.2, -0.15) is 0 Å². The van der Waals surface area contributed by atoms with Crippen molar-refractivity contribution in [2.75, 3.05) is 0 Å². The number of nitrogens with zero attached hydrogens (tertiary/aromatic N) is 2. The minimum Gasteiger partial charge on any atom is -0.260 e. The van der Waals surface area contributed by atoms with Crippen molar-refractivity contribution < 1.29 is 0 Å². The van der Waals surface area contributed by atoms with Gasteiger partial charge in [0.2, 0.25) is 0 Å². The van der Waals surface area contributed by atoms with Crippen LogP contribution in [0.5, 0.6) is 0 Å². The van der Waals surface area contributed by atoms with Crippen LogP contribution in [0.15, 0.2) is 59.7 Å². The van der Waals surface area contributed by atoms with Gasteiger partial charge in [0.15, 0.2) is 0 Å². The second-order valence-electron chi connectivity index (χ2n) is 5.98. The Balaban J connectivity index is 1.81. The van der Waals surface area contributed by atoms with Crippen molar-refractivity contribution in [2.45, 2.75) is 19.8 Å². The van der Waals surface area contributed by atoms with E-state index < -0.39 is 0 Å². The van der Waals surface area contributed by atoms with Gasteiger partial charge in [-0.05, 0) is 37.1 Å². The molecule has 0 fully saturated rings. The Kier molecular flexibility index (Phi) is 3.04. The first-order valence-electron chi connectivity index (χ1n) is 7.70. The molecule has 0 N–H and O–H groups in total. The van der Waals surface area contributed by atoms with Crippen LogP contribution in [-0.4, -0.2) is 10.7 Å². The summed E-state index contributed by atoms with van der Waals surface area (Å²) in [6.45, 7) is 4.09. The largest absolute Gasteiger partial charge is 0.260 e. The van der Waals surface area contributed by atoms with Gasteiger partial charge < -0.3 is 0 Å². The minimum atomic E-state index is 0.295. The first kappa shape index (κ1) is 13.2. The Morgan fingerprint density at radius 1 is 0.909 bits per heavy atom. The fourth-order valence-corrected chi connectivity index (χ4v) is 3.48. The molecule has 2 nitrogen and oxygen atoms in total. The molecule has 1 aliphatic carbocycles. The van der Waals surface area contributed by atoms with Crippen LogP contribution in [-0.2, 0) is 0 Å². The van der Waals surface area contributed by atoms with E-state index in [0.29, 0.717) is 11.8 Å². The van der Waals surface area contributed by atoms with Crippen LogP contribution in [0.25, 0.3) is 6.08 Å². The Morgan fingerprint density at radius 2 is 1.77 bits per heavy atom. The molecule has 2 heterocycles. The number of pyridine rings is 1. The summed E-state index contributed by atoms with van der Waals surface area (Å²) < 4.78 is 0. The molecule has 2 atom stereocenters. The molecular weight excluding hydrogens is 268 g/mol. The average Bonchev–Trinajstić information content (AvgIpc) is 2.54. The number of benzene rings is 1. The number of rotatable bonds is 1. The normalized spacial score (nSPS) is 22.0. The molecule has 1 aromatic heterocycles. The molecule has 0 spiro atoms. The molecule has 4 rings (SSSR count). The van der Waals surface area contributed by atoms with Gasteiger partial charge in [-0.1, -0.05) is 42.5 Å². The Bertz CT molecular complexity index is 827. The summed E-state index contributed by atoms with van der Waals surface area (Å²) in [5.41, 5.74) is 7.09. The first-order chi connectivity index (χ1) is 10.7. The van der Waals surface area contributed by atoms with Gasteiger partial charge in [0.1, 0.15) is 0 Å². The lowest BCUT2D eigenvalue weighted by Crippen LogP contribution is -2.26. The molecule has 108 valence electrons. The lowest BCUT2D eigenvalue weighted by molar-refractivity contribution is 0.722. The molecule has 22 heavy (non-hydrogen) atoms. The van der Waals surface area contributed by atoms with Gasteiger partial charge in [-0.25, -0.2) is 0 Å². The van der Waals surface area contributed by atoms with Crippen LogP contribution in [0, 0.1) is 19.8 Å². The molecule has 0 saturated carbocycles. The van der Waals surface area contributed by atoms with Crippen LogP contribution in [0.4, 0.5) is 0 Å². The van der Waals surface area contributed by atoms with E-state index in [0.717, 1.165) is 22.7 Å². The lowest BCUT2D eigenvalue weighted by atomic mass is 9.74. The number of allylic oxidation sites excluding steroid dienone is 2. The zero-order chi connectivity index (χ0) is 15.1. The minimum absolute atomic E-state index is 0.295. The summed E-state index contributed by atoms with van der Waals surface area (Å²) in [6.07, 6.45) is 8.68. The Hall–Kier alpha value is -2.48. The molecule has 2 unspecified atom stereocenters. The fraction of sp³-hybridized carbons (Fsp3) is 0.200. The highest BCUT2D eigenvalue weighted by Crippen LogP contribution is 2.39. The number of aryl methyl sites for hydroxylation is 2. The Labute approximate surface area is 130 Å². The summed E-state index contributed by atoms with van der Waals surface area (Å²) in [4.78, 5) is 9.29. The molecule has 1 aromatic carbocycles. The highest BCUT2D eigenvalue weighted by atomic mass is 14.8. The zero-order valence-corrected chi connectivity index (χ0v) is 12.8. The highest BCUT2D eigenvalue weighted by molar-refractivity contribution is 6.06. The molecule has 1 aliphatic heterocycles. The maximum Gasteiger partial charge on any atom is 0.0571 e. The van der Waals surface area contributed by atoms with Gasteiger partial charge in [0.25, 0.3) is 0 Å². The highest BCUT2D eigenvalue weighted by Gasteiger charge is 2.31. The summed E-state index contributed by atoms with van der Waals surface area (Å²) in [5, 5.41) is 0. The molecule has 2 aromatic rings. The van der Waals surface area contributed by atoms with E-state index in [2.05, 4.69) is 66.5 Å². The summed E-state index contributed by atoms with van der Waals surface area (Å²) in [7, 11) is 0. The summed E-state index contributed by atoms with van der Waals surface area (Å²) >= 11 is 0. The molecule has 0 saturated heterocycles. The predicted octanol–water partition coefficient (Wildman–Crippen LogP) is 4.44. The standard InChI is InChI=1S/C20H18N2/c1-13-7-9-16(14(2)22-13)20-19-10-8-15-5-3-4-6-17(15)18(19)11-12-21-20/h3-12,18-19H,1-2H3. The van der Waals surface area contributed by atoms with Gasteiger partial charge >= 0.3 is 0 Å². The van der Waals surface area contributed by atoms with Gasteiger partial charge in [-0.3, -0.25) is 9.98 Å². The maximum absolute atomic E-state index is 4.69. The van der Waals surface area contributed by atoms with Crippen molar-refractivity contribution in [1.29, 1.82) is 0 Å². The molecule has 0 bridgehead atoms. The monoisotopic (exact) mass is 286 g/mol. The van der Waals surface area contributed by atoms with Crippen molar-refractivity contribution >= 4 is 11.8 Å². The van der Waals surface area contributed by atoms with Crippen molar-refractivity contribution in [2.24, 2.45) is 10.9 Å². The molecule has 2 heteroatoms. The maximum atomic E-state index is 4.69. The van der Waals surface area contributed by atoms with Crippen molar-refractivity contribution in [1.82, 2.24) is 4.98 Å². The predicted molar refractivity (Wildman–Crippen MR) is 91.1 cm³/mol. The van der Waals surface area contributed by atoms with Gasteiger partial charge in [-0.15, -0.1) is 0 Å². The second kappa shape index (κ2) is 5.06. The summed E-state index contributed by atoms with van der Waals surface area (Å²) in [6, 6.07) is 12.8. The topological polar surface area (TPSA) is 25.2 Å². The number of hydrogen-bond acceptors (Lipinski definition) is 2. The van der Waals surface area contributed by atoms with Crippen LogP contribution in [0.3, 0.4) is 0 Å². The van der Waals surface area contributed by atoms with Gasteiger partial charge in [0.05, 0.1) is 5.71 Å². The van der Waals surface area contributed by atoms with Crippen LogP contribution in [0.2, 0.25) is 0 Å². The molecule has 0 amide bonds. The lowest BCUT2D eigenvalue weighted by Gasteiger charge is -2.31. The third-order valence-corrected chi connectivity index (χ3v) is 4.55. The Morgan fingerprint density at radius 3 is 2.64 bits per heavy atom. The second-order valence-corrected chi connectivity index (χ2v) is 5.98. The fourth-order valence-electron chi connectivity index (χ4n) is 3.48. The third kappa shape index (κ3) is 2.03. The summed E-state index contributed by atoms with van der Waals surface area (Å²) in [5.74, 6) is 0.664. The first-order valence-corrected chi connectivity index (χ1v) is 7.70. The van der Waals surface area contributed by atoms with E-state index >= 15 is 0 Å². The van der Waals surface area contributed by atoms with E-state index in [1.54, 1.807) is 0 Å². The SMILES string of the molecule is Cc1ccc(C2=NC=CC3c4ccccc4C=CC23)c(C)n1.